The predicted molar refractivity (Wildman–Crippen MR) is 85.2 cm³/mol. The number of carbonyl (C=O) groups is 1. The van der Waals surface area contributed by atoms with Crippen LogP contribution in [0.2, 0.25) is 5.02 Å². The van der Waals surface area contributed by atoms with Crippen LogP contribution in [0.4, 0.5) is 5.69 Å². The molecule has 1 aliphatic rings. The Labute approximate surface area is 130 Å². The van der Waals surface area contributed by atoms with E-state index in [2.05, 4.69) is 22.5 Å². The van der Waals surface area contributed by atoms with Crippen LogP contribution in [0.15, 0.2) is 18.2 Å². The quantitative estimate of drug-likeness (QED) is 0.808. The Hall–Kier alpha value is -1.30. The first kappa shape index (κ1) is 16.1. The second-order valence-corrected chi connectivity index (χ2v) is 5.59. The fourth-order valence-electron chi connectivity index (χ4n) is 2.34. The van der Waals surface area contributed by atoms with Crippen molar-refractivity contribution in [1.82, 2.24) is 10.2 Å². The number of benzene rings is 1. The van der Waals surface area contributed by atoms with Gasteiger partial charge in [-0.3, -0.25) is 9.69 Å². The molecule has 6 heteroatoms. The molecule has 0 radical (unpaired) electrons. The fraction of sp³-hybridized carbons (Fsp3) is 0.533. The maximum absolute atomic E-state index is 12.2. The molecule has 0 unspecified atom stereocenters. The van der Waals surface area contributed by atoms with Crippen molar-refractivity contribution in [1.29, 1.82) is 0 Å². The van der Waals surface area contributed by atoms with Crippen molar-refractivity contribution in [2.75, 3.05) is 38.6 Å². The maximum Gasteiger partial charge on any atom is 0.238 e. The molecule has 0 atom stereocenters. The average molecular weight is 312 g/mol. The van der Waals surface area contributed by atoms with Gasteiger partial charge in [-0.1, -0.05) is 18.5 Å². The molecule has 0 aliphatic carbocycles. The standard InChI is InChI=1S/C15H22ClN3O2/c1-3-6-19(12-8-17-9-12)10-15(20)18-11-4-5-14(21-2)13(16)7-11/h4-5,7,12,17H,3,6,8-10H2,1-2H3,(H,18,20). The summed E-state index contributed by atoms with van der Waals surface area (Å²) in [5.41, 5.74) is 0.689. The molecule has 1 saturated heterocycles. The van der Waals surface area contributed by atoms with Gasteiger partial charge in [-0.25, -0.2) is 0 Å². The summed E-state index contributed by atoms with van der Waals surface area (Å²) in [7, 11) is 1.56. The monoisotopic (exact) mass is 311 g/mol. The molecule has 0 saturated carbocycles. The Kier molecular flexibility index (Phi) is 5.85. The lowest BCUT2D eigenvalue weighted by molar-refractivity contribution is -0.118. The molecule has 2 N–H and O–H groups in total. The number of hydrogen-bond donors (Lipinski definition) is 2. The highest BCUT2D eigenvalue weighted by atomic mass is 35.5. The second kappa shape index (κ2) is 7.64. The normalized spacial score (nSPS) is 14.9. The van der Waals surface area contributed by atoms with Crippen LogP contribution < -0.4 is 15.4 Å². The van der Waals surface area contributed by atoms with E-state index in [4.69, 9.17) is 16.3 Å². The van der Waals surface area contributed by atoms with Crippen molar-refractivity contribution in [3.63, 3.8) is 0 Å². The van der Waals surface area contributed by atoms with Crippen molar-refractivity contribution in [3.05, 3.63) is 23.2 Å². The Morgan fingerprint density at radius 2 is 2.29 bits per heavy atom. The van der Waals surface area contributed by atoms with Gasteiger partial charge in [-0.2, -0.15) is 0 Å². The average Bonchev–Trinajstić information content (AvgIpc) is 2.37. The van der Waals surface area contributed by atoms with E-state index in [9.17, 15) is 4.79 Å². The SMILES string of the molecule is CCCN(CC(=O)Nc1ccc(OC)c(Cl)c1)C1CNC1. The number of hydrogen-bond acceptors (Lipinski definition) is 4. The van der Waals surface area contributed by atoms with Gasteiger partial charge in [0.1, 0.15) is 5.75 Å². The molecular formula is C15H22ClN3O2. The molecular weight excluding hydrogens is 290 g/mol. The zero-order valence-corrected chi connectivity index (χ0v) is 13.2. The van der Waals surface area contributed by atoms with Crippen molar-refractivity contribution < 1.29 is 9.53 Å². The van der Waals surface area contributed by atoms with Gasteiger partial charge in [0.05, 0.1) is 18.7 Å². The summed E-state index contributed by atoms with van der Waals surface area (Å²) in [6.45, 7) is 5.39. The Balaban J connectivity index is 1.92. The minimum Gasteiger partial charge on any atom is -0.495 e. The molecule has 21 heavy (non-hydrogen) atoms. The minimum absolute atomic E-state index is 0.0171. The third kappa shape index (κ3) is 4.33. The van der Waals surface area contributed by atoms with Crippen LogP contribution in [0.1, 0.15) is 13.3 Å². The van der Waals surface area contributed by atoms with Crippen LogP contribution >= 0.6 is 11.6 Å². The van der Waals surface area contributed by atoms with E-state index in [0.717, 1.165) is 26.1 Å². The summed E-state index contributed by atoms with van der Waals surface area (Å²) in [5.74, 6) is 0.583. The van der Waals surface area contributed by atoms with E-state index < -0.39 is 0 Å². The van der Waals surface area contributed by atoms with Gasteiger partial charge in [0.2, 0.25) is 5.91 Å². The van der Waals surface area contributed by atoms with Crippen molar-refractivity contribution in [3.8, 4) is 5.75 Å². The number of halogens is 1. The first-order chi connectivity index (χ1) is 10.1. The molecule has 0 aromatic heterocycles. The smallest absolute Gasteiger partial charge is 0.238 e. The van der Waals surface area contributed by atoms with Crippen LogP contribution in [0.3, 0.4) is 0 Å². The summed E-state index contributed by atoms with van der Waals surface area (Å²) >= 11 is 6.06. The lowest BCUT2D eigenvalue weighted by Crippen LogP contribution is -2.58. The van der Waals surface area contributed by atoms with Gasteiger partial charge in [-0.15, -0.1) is 0 Å². The predicted octanol–water partition coefficient (Wildman–Crippen LogP) is 1.97. The molecule has 1 aromatic rings. The number of methoxy groups -OCH3 is 1. The topological polar surface area (TPSA) is 53.6 Å². The molecule has 1 fully saturated rings. The van der Waals surface area contributed by atoms with Crippen molar-refractivity contribution in [2.24, 2.45) is 0 Å². The lowest BCUT2D eigenvalue weighted by Gasteiger charge is -2.37. The van der Waals surface area contributed by atoms with E-state index in [-0.39, 0.29) is 5.91 Å². The van der Waals surface area contributed by atoms with Crippen molar-refractivity contribution >= 4 is 23.2 Å². The van der Waals surface area contributed by atoms with Gasteiger partial charge in [0.25, 0.3) is 0 Å². The van der Waals surface area contributed by atoms with E-state index in [1.807, 2.05) is 0 Å². The minimum atomic E-state index is -0.0171. The van der Waals surface area contributed by atoms with E-state index in [0.29, 0.717) is 29.0 Å². The number of amides is 1. The molecule has 5 nitrogen and oxygen atoms in total. The van der Waals surface area contributed by atoms with Crippen LogP contribution in [0.25, 0.3) is 0 Å². The summed E-state index contributed by atoms with van der Waals surface area (Å²) < 4.78 is 5.10. The first-order valence-electron chi connectivity index (χ1n) is 7.22. The highest BCUT2D eigenvalue weighted by molar-refractivity contribution is 6.32. The van der Waals surface area contributed by atoms with Gasteiger partial charge >= 0.3 is 0 Å². The summed E-state index contributed by atoms with van der Waals surface area (Å²) in [6.07, 6.45) is 1.04. The van der Waals surface area contributed by atoms with Crippen LogP contribution in [0, 0.1) is 0 Å². The van der Waals surface area contributed by atoms with Crippen LogP contribution in [-0.4, -0.2) is 50.1 Å². The maximum atomic E-state index is 12.2. The van der Waals surface area contributed by atoms with E-state index in [1.54, 1.807) is 25.3 Å². The Morgan fingerprint density at radius 3 is 2.81 bits per heavy atom. The first-order valence-corrected chi connectivity index (χ1v) is 7.60. The highest BCUT2D eigenvalue weighted by Gasteiger charge is 2.25. The Morgan fingerprint density at radius 1 is 1.52 bits per heavy atom. The van der Waals surface area contributed by atoms with Crippen molar-refractivity contribution in [2.45, 2.75) is 19.4 Å². The molecule has 1 amide bonds. The molecule has 0 spiro atoms. The largest absolute Gasteiger partial charge is 0.495 e. The molecule has 116 valence electrons. The van der Waals surface area contributed by atoms with Gasteiger partial charge in [0.15, 0.2) is 0 Å². The lowest BCUT2D eigenvalue weighted by atomic mass is 10.1. The zero-order valence-electron chi connectivity index (χ0n) is 12.5. The fourth-order valence-corrected chi connectivity index (χ4v) is 2.60. The molecule has 1 aliphatic heterocycles. The molecule has 0 bridgehead atoms. The van der Waals surface area contributed by atoms with Gasteiger partial charge in [-0.05, 0) is 31.2 Å². The van der Waals surface area contributed by atoms with Gasteiger partial charge in [0, 0.05) is 24.8 Å². The number of nitrogens with one attached hydrogen (secondary N) is 2. The number of nitrogens with zero attached hydrogens (tertiary/aromatic N) is 1. The van der Waals surface area contributed by atoms with Crippen LogP contribution in [-0.2, 0) is 4.79 Å². The van der Waals surface area contributed by atoms with Crippen LogP contribution in [0.5, 0.6) is 5.75 Å². The summed E-state index contributed by atoms with van der Waals surface area (Å²) in [6, 6.07) is 5.71. The van der Waals surface area contributed by atoms with Gasteiger partial charge < -0.3 is 15.4 Å². The summed E-state index contributed by atoms with van der Waals surface area (Å²) in [5, 5.41) is 6.61. The summed E-state index contributed by atoms with van der Waals surface area (Å²) in [4.78, 5) is 14.4. The Bertz CT molecular complexity index is 492. The zero-order chi connectivity index (χ0) is 15.2. The number of ether oxygens (including phenoxy) is 1. The number of anilines is 1. The third-order valence-corrected chi connectivity index (χ3v) is 3.86. The number of rotatable bonds is 7. The van der Waals surface area contributed by atoms with E-state index >= 15 is 0 Å². The molecule has 1 heterocycles. The molecule has 1 aromatic carbocycles. The second-order valence-electron chi connectivity index (χ2n) is 5.18. The van der Waals surface area contributed by atoms with E-state index in [1.165, 1.54) is 0 Å². The third-order valence-electron chi connectivity index (χ3n) is 3.57. The molecule has 2 rings (SSSR count). The highest BCUT2D eigenvalue weighted by Crippen LogP contribution is 2.27. The number of carbonyl (C=O) groups excluding carboxylic acids is 1.